The minimum atomic E-state index is 0.0355. The fraction of sp³-hybridized carbons (Fsp3) is 0.452. The zero-order valence-electron chi connectivity index (χ0n) is 27.2. The second-order valence-electron chi connectivity index (χ2n) is 12.4. The molecule has 0 fully saturated rings. The molecule has 0 N–H and O–H groups in total. The Kier molecular flexibility index (Phi) is 16.5. The van der Waals surface area contributed by atoms with E-state index in [9.17, 15) is 4.79 Å². The maximum Gasteiger partial charge on any atom is 0.185 e. The van der Waals surface area contributed by atoms with Crippen LogP contribution in [-0.4, -0.2) is 5.78 Å². The molecule has 0 heterocycles. The van der Waals surface area contributed by atoms with Crippen LogP contribution in [0.3, 0.4) is 0 Å². The molecule has 3 aromatic carbocycles. The predicted molar refractivity (Wildman–Crippen MR) is 189 cm³/mol. The number of rotatable bonds is 22. The summed E-state index contributed by atoms with van der Waals surface area (Å²) in [5.74, 6) is 0.415. The highest BCUT2D eigenvalue weighted by Gasteiger charge is 2.14. The molecular weight excluding hydrogens is 520 g/mol. The molecule has 43 heavy (non-hydrogen) atoms. The van der Waals surface area contributed by atoms with Crippen LogP contribution in [0.5, 0.6) is 0 Å². The van der Waals surface area contributed by atoms with E-state index in [1.54, 1.807) is 6.08 Å². The summed E-state index contributed by atoms with van der Waals surface area (Å²) in [5, 5.41) is 0. The minimum Gasteiger partial charge on any atom is -0.289 e. The van der Waals surface area contributed by atoms with Crippen LogP contribution in [0.25, 0.3) is 11.6 Å². The number of allylic oxidation sites excluding steroid dienone is 2. The fourth-order valence-corrected chi connectivity index (χ4v) is 5.96. The van der Waals surface area contributed by atoms with Gasteiger partial charge in [0.05, 0.1) is 0 Å². The molecule has 0 saturated carbocycles. The van der Waals surface area contributed by atoms with Gasteiger partial charge in [0.25, 0.3) is 0 Å². The zero-order chi connectivity index (χ0) is 30.5. The smallest absolute Gasteiger partial charge is 0.185 e. The zero-order valence-corrected chi connectivity index (χ0v) is 27.2. The van der Waals surface area contributed by atoms with Crippen LogP contribution >= 0.6 is 0 Å². The number of ketones is 1. The fourth-order valence-electron chi connectivity index (χ4n) is 5.96. The third-order valence-corrected chi connectivity index (χ3v) is 8.73. The van der Waals surface area contributed by atoms with Gasteiger partial charge in [0, 0.05) is 11.5 Å². The van der Waals surface area contributed by atoms with E-state index in [2.05, 4.69) is 69.0 Å². The van der Waals surface area contributed by atoms with E-state index < -0.39 is 0 Å². The van der Waals surface area contributed by atoms with Gasteiger partial charge in [0.1, 0.15) is 0 Å². The molecule has 1 heteroatoms. The molecular formula is C42H56O. The molecule has 1 unspecified atom stereocenters. The molecule has 0 saturated heterocycles. The normalized spacial score (nSPS) is 12.0. The van der Waals surface area contributed by atoms with Crippen LogP contribution in [0.2, 0.25) is 0 Å². The highest BCUT2D eigenvalue weighted by molar-refractivity contribution is 6.06. The predicted octanol–water partition coefficient (Wildman–Crippen LogP) is 13.0. The van der Waals surface area contributed by atoms with Crippen molar-refractivity contribution in [1.82, 2.24) is 0 Å². The number of hydrogen-bond acceptors (Lipinski definition) is 1. The second-order valence-corrected chi connectivity index (χ2v) is 12.4. The van der Waals surface area contributed by atoms with Gasteiger partial charge in [-0.1, -0.05) is 200 Å². The highest BCUT2D eigenvalue weighted by Crippen LogP contribution is 2.31. The van der Waals surface area contributed by atoms with Gasteiger partial charge in [-0.25, -0.2) is 0 Å². The lowest BCUT2D eigenvalue weighted by Crippen LogP contribution is -2.02. The lowest BCUT2D eigenvalue weighted by Gasteiger charge is -2.19. The van der Waals surface area contributed by atoms with Gasteiger partial charge >= 0.3 is 0 Å². The summed E-state index contributed by atoms with van der Waals surface area (Å²) in [6, 6.07) is 27.2. The number of benzene rings is 3. The molecule has 3 rings (SSSR count). The van der Waals surface area contributed by atoms with Gasteiger partial charge in [-0.05, 0) is 41.7 Å². The highest BCUT2D eigenvalue weighted by atomic mass is 16.1. The summed E-state index contributed by atoms with van der Waals surface area (Å²) in [7, 11) is 0. The first kappa shape index (κ1) is 34.3. The molecule has 0 aliphatic heterocycles. The number of carbonyl (C=O) groups is 1. The lowest BCUT2D eigenvalue weighted by atomic mass is 9.85. The van der Waals surface area contributed by atoms with Gasteiger partial charge in [-0.2, -0.15) is 0 Å². The van der Waals surface area contributed by atoms with E-state index in [0.717, 1.165) is 23.1 Å². The molecule has 0 amide bonds. The number of unbranched alkanes of at least 4 members (excludes halogenated alkanes) is 14. The number of hydrogen-bond donors (Lipinski definition) is 0. The Morgan fingerprint density at radius 2 is 1.07 bits per heavy atom. The molecule has 230 valence electrons. The first-order chi connectivity index (χ1) is 21.1. The summed E-state index contributed by atoms with van der Waals surface area (Å²) >= 11 is 0. The first-order valence-corrected chi connectivity index (χ1v) is 17.2. The summed E-state index contributed by atoms with van der Waals surface area (Å²) in [6.45, 7) is 8.47. The monoisotopic (exact) mass is 576 g/mol. The maximum atomic E-state index is 12.5. The van der Waals surface area contributed by atoms with Gasteiger partial charge in [0.15, 0.2) is 5.78 Å². The van der Waals surface area contributed by atoms with Crippen LogP contribution in [0.15, 0.2) is 91.5 Å². The van der Waals surface area contributed by atoms with Crippen LogP contribution < -0.4 is 0 Å². The van der Waals surface area contributed by atoms with Crippen molar-refractivity contribution in [3.8, 4) is 0 Å². The lowest BCUT2D eigenvalue weighted by molar-refractivity contribution is 0.104. The molecule has 0 aliphatic carbocycles. The quantitative estimate of drug-likeness (QED) is 0.0660. The Balaban J connectivity index is 1.44. The SMILES string of the molecule is C=C(C)c1ccc(C(CCCCCCCCCCCCCCCCC)c2ccc(C=CC(=O)c3ccccc3)cc2)cc1. The van der Waals surface area contributed by atoms with Crippen molar-refractivity contribution < 1.29 is 4.79 Å². The standard InChI is InChI=1S/C42H56O/c1-4-5-6-7-8-9-10-11-12-13-14-15-16-17-21-24-41(39-32-30-37(31-33-39)35(2)3)38-28-25-36(26-29-38)27-34-42(43)40-22-19-18-20-23-40/h18-20,22-23,25-34,41H,2,4-17,21,24H2,1,3H3. The molecule has 0 radical (unpaired) electrons. The Bertz CT molecular complexity index is 1200. The van der Waals surface area contributed by atoms with E-state index in [0.29, 0.717) is 5.92 Å². The Morgan fingerprint density at radius 3 is 1.56 bits per heavy atom. The van der Waals surface area contributed by atoms with Crippen molar-refractivity contribution in [1.29, 1.82) is 0 Å². The van der Waals surface area contributed by atoms with Crippen LogP contribution in [-0.2, 0) is 0 Å². The van der Waals surface area contributed by atoms with Gasteiger partial charge in [-0.3, -0.25) is 4.79 Å². The van der Waals surface area contributed by atoms with Crippen molar-refractivity contribution in [2.75, 3.05) is 0 Å². The Hall–Kier alpha value is -3.19. The van der Waals surface area contributed by atoms with Crippen molar-refractivity contribution in [2.24, 2.45) is 0 Å². The van der Waals surface area contributed by atoms with E-state index >= 15 is 0 Å². The van der Waals surface area contributed by atoms with Gasteiger partial charge < -0.3 is 0 Å². The molecule has 0 aliphatic rings. The van der Waals surface area contributed by atoms with E-state index in [1.165, 1.54) is 113 Å². The summed E-state index contributed by atoms with van der Waals surface area (Å²) in [4.78, 5) is 12.5. The molecule has 0 aromatic heterocycles. The van der Waals surface area contributed by atoms with Crippen LogP contribution in [0.4, 0.5) is 0 Å². The second kappa shape index (κ2) is 20.7. The Labute approximate surface area is 263 Å². The average molecular weight is 577 g/mol. The molecule has 0 spiro atoms. The molecule has 3 aromatic rings. The molecule has 0 bridgehead atoms. The molecule has 1 atom stereocenters. The van der Waals surface area contributed by atoms with E-state index in [4.69, 9.17) is 0 Å². The van der Waals surface area contributed by atoms with Crippen molar-refractivity contribution in [3.05, 3.63) is 119 Å². The summed E-state index contributed by atoms with van der Waals surface area (Å²) in [5.41, 5.74) is 6.80. The van der Waals surface area contributed by atoms with Crippen LogP contribution in [0, 0.1) is 0 Å². The average Bonchev–Trinajstić information content (AvgIpc) is 3.04. The first-order valence-electron chi connectivity index (χ1n) is 17.2. The minimum absolute atomic E-state index is 0.0355. The molecule has 1 nitrogen and oxygen atoms in total. The van der Waals surface area contributed by atoms with Gasteiger partial charge in [-0.15, -0.1) is 0 Å². The maximum absolute atomic E-state index is 12.5. The van der Waals surface area contributed by atoms with Crippen molar-refractivity contribution in [2.45, 2.75) is 122 Å². The summed E-state index contributed by atoms with van der Waals surface area (Å²) in [6.07, 6.45) is 25.6. The third kappa shape index (κ3) is 13.3. The van der Waals surface area contributed by atoms with Crippen molar-refractivity contribution in [3.63, 3.8) is 0 Å². The number of carbonyl (C=O) groups excluding carboxylic acids is 1. The third-order valence-electron chi connectivity index (χ3n) is 8.73. The van der Waals surface area contributed by atoms with E-state index in [-0.39, 0.29) is 5.78 Å². The van der Waals surface area contributed by atoms with Crippen molar-refractivity contribution >= 4 is 17.4 Å². The summed E-state index contributed by atoms with van der Waals surface area (Å²) < 4.78 is 0. The van der Waals surface area contributed by atoms with E-state index in [1.807, 2.05) is 36.4 Å². The largest absolute Gasteiger partial charge is 0.289 e. The van der Waals surface area contributed by atoms with Gasteiger partial charge in [0.2, 0.25) is 0 Å². The Morgan fingerprint density at radius 1 is 0.605 bits per heavy atom. The van der Waals surface area contributed by atoms with Crippen LogP contribution in [0.1, 0.15) is 155 Å². The topological polar surface area (TPSA) is 17.1 Å².